The Balaban J connectivity index is 1.86. The minimum Gasteiger partial charge on any atom is -0.370 e. The average Bonchev–Trinajstić information content (AvgIpc) is 2.76. The first-order valence-corrected chi connectivity index (χ1v) is 6.28. The van der Waals surface area contributed by atoms with Gasteiger partial charge in [0.25, 0.3) is 0 Å². The zero-order valence-electron chi connectivity index (χ0n) is 10.00. The number of anilines is 1. The van der Waals surface area contributed by atoms with E-state index in [1.54, 1.807) is 0 Å². The molecule has 0 aliphatic heterocycles. The lowest BCUT2D eigenvalue weighted by Gasteiger charge is -2.10. The Bertz CT molecular complexity index is 349. The van der Waals surface area contributed by atoms with Crippen LogP contribution in [0.15, 0.2) is 12.1 Å². The second-order valence-corrected chi connectivity index (χ2v) is 4.54. The fourth-order valence-corrected chi connectivity index (χ4v) is 2.11. The van der Waals surface area contributed by atoms with E-state index in [1.165, 1.54) is 24.1 Å². The van der Waals surface area contributed by atoms with Crippen LogP contribution in [0.2, 0.25) is 0 Å². The molecular weight excluding hydrogens is 198 g/mol. The van der Waals surface area contributed by atoms with Crippen LogP contribution in [0, 0.1) is 0 Å². The molecule has 88 valence electrons. The number of pyridine rings is 1. The molecule has 16 heavy (non-hydrogen) atoms. The first-order valence-electron chi connectivity index (χ1n) is 6.28. The predicted molar refractivity (Wildman–Crippen MR) is 67.6 cm³/mol. The van der Waals surface area contributed by atoms with Gasteiger partial charge in [-0.1, -0.05) is 13.0 Å². The highest BCUT2D eigenvalue weighted by Gasteiger charge is 2.12. The maximum Gasteiger partial charge on any atom is 0.126 e. The number of nitrogens with two attached hydrogens (primary N) is 1. The van der Waals surface area contributed by atoms with Gasteiger partial charge in [0.2, 0.25) is 0 Å². The van der Waals surface area contributed by atoms with Gasteiger partial charge >= 0.3 is 0 Å². The number of hydrogen-bond acceptors (Lipinski definition) is 3. The number of aryl methyl sites for hydroxylation is 2. The molecular formula is C13H21N3. The molecule has 0 saturated heterocycles. The molecule has 1 aromatic heterocycles. The van der Waals surface area contributed by atoms with E-state index in [4.69, 9.17) is 5.73 Å². The Morgan fingerprint density at radius 2 is 2.31 bits per heavy atom. The molecule has 1 atom stereocenters. The van der Waals surface area contributed by atoms with Gasteiger partial charge in [-0.05, 0) is 43.7 Å². The van der Waals surface area contributed by atoms with Crippen molar-refractivity contribution in [1.29, 1.82) is 0 Å². The molecule has 0 spiro atoms. The number of nitrogens with zero attached hydrogens (tertiary/aromatic N) is 1. The zero-order valence-corrected chi connectivity index (χ0v) is 10.00. The maximum atomic E-state index is 5.87. The van der Waals surface area contributed by atoms with E-state index >= 15 is 0 Å². The van der Waals surface area contributed by atoms with Gasteiger partial charge in [0, 0.05) is 18.3 Å². The number of aromatic nitrogens is 1. The van der Waals surface area contributed by atoms with Gasteiger partial charge < -0.3 is 11.1 Å². The molecule has 0 amide bonds. The third kappa shape index (κ3) is 2.73. The molecule has 0 saturated carbocycles. The minimum absolute atomic E-state index is 0.307. The van der Waals surface area contributed by atoms with Gasteiger partial charge in [-0.15, -0.1) is 0 Å². The summed E-state index contributed by atoms with van der Waals surface area (Å²) >= 11 is 0. The highest BCUT2D eigenvalue weighted by atomic mass is 15.0. The first-order chi connectivity index (χ1) is 7.79. The normalized spacial score (nSPS) is 15.9. The summed E-state index contributed by atoms with van der Waals surface area (Å²) in [7, 11) is 0. The zero-order chi connectivity index (χ0) is 11.4. The molecule has 3 N–H and O–H groups in total. The van der Waals surface area contributed by atoms with Gasteiger partial charge in [-0.25, -0.2) is 4.98 Å². The van der Waals surface area contributed by atoms with Crippen molar-refractivity contribution >= 4 is 5.82 Å². The number of fused-ring (bicyclic) bond motifs is 1. The molecule has 1 heterocycles. The number of rotatable bonds is 5. The summed E-state index contributed by atoms with van der Waals surface area (Å²) in [5.74, 6) is 1.00. The Hall–Kier alpha value is -1.09. The summed E-state index contributed by atoms with van der Waals surface area (Å²) in [5.41, 5.74) is 8.58. The lowest BCUT2D eigenvalue weighted by molar-refractivity contribution is 0.613. The molecule has 2 rings (SSSR count). The molecule has 0 radical (unpaired) electrons. The van der Waals surface area contributed by atoms with Crippen molar-refractivity contribution in [3.8, 4) is 0 Å². The van der Waals surface area contributed by atoms with Gasteiger partial charge in [-0.2, -0.15) is 0 Å². The van der Waals surface area contributed by atoms with Crippen LogP contribution in [-0.2, 0) is 12.8 Å². The summed E-state index contributed by atoms with van der Waals surface area (Å²) < 4.78 is 0. The van der Waals surface area contributed by atoms with Crippen molar-refractivity contribution in [2.75, 3.05) is 11.9 Å². The van der Waals surface area contributed by atoms with Crippen molar-refractivity contribution in [1.82, 2.24) is 4.98 Å². The highest BCUT2D eigenvalue weighted by Crippen LogP contribution is 2.21. The van der Waals surface area contributed by atoms with Crippen LogP contribution in [0.3, 0.4) is 0 Å². The standard InChI is InChI=1S/C13H21N3/c1-2-11(14)8-9-15-13-7-6-10-4-3-5-12(10)16-13/h6-7,11H,2-5,8-9,14H2,1H3,(H,15,16). The molecule has 0 aromatic carbocycles. The fourth-order valence-electron chi connectivity index (χ4n) is 2.11. The first kappa shape index (κ1) is 11.4. The van der Waals surface area contributed by atoms with E-state index in [0.29, 0.717) is 6.04 Å². The van der Waals surface area contributed by atoms with E-state index in [2.05, 4.69) is 29.4 Å². The largest absolute Gasteiger partial charge is 0.370 e. The SMILES string of the molecule is CCC(N)CCNc1ccc2c(n1)CCC2. The highest BCUT2D eigenvalue weighted by molar-refractivity contribution is 5.40. The summed E-state index contributed by atoms with van der Waals surface area (Å²) in [6, 6.07) is 4.60. The van der Waals surface area contributed by atoms with Gasteiger partial charge in [0.1, 0.15) is 5.82 Å². The molecule has 1 aliphatic rings. The van der Waals surface area contributed by atoms with E-state index in [0.717, 1.165) is 31.6 Å². The summed E-state index contributed by atoms with van der Waals surface area (Å²) in [5, 5.41) is 3.35. The van der Waals surface area contributed by atoms with E-state index < -0.39 is 0 Å². The lowest BCUT2D eigenvalue weighted by Crippen LogP contribution is -2.22. The van der Waals surface area contributed by atoms with Crippen molar-refractivity contribution in [2.24, 2.45) is 5.73 Å². The minimum atomic E-state index is 0.307. The lowest BCUT2D eigenvalue weighted by atomic mass is 10.2. The van der Waals surface area contributed by atoms with Crippen molar-refractivity contribution in [3.05, 3.63) is 23.4 Å². The van der Waals surface area contributed by atoms with E-state index in [-0.39, 0.29) is 0 Å². The molecule has 3 nitrogen and oxygen atoms in total. The van der Waals surface area contributed by atoms with Crippen LogP contribution in [0.5, 0.6) is 0 Å². The Morgan fingerprint density at radius 3 is 3.12 bits per heavy atom. The number of hydrogen-bond donors (Lipinski definition) is 2. The maximum absolute atomic E-state index is 5.87. The molecule has 3 heteroatoms. The van der Waals surface area contributed by atoms with Crippen LogP contribution >= 0.6 is 0 Å². The van der Waals surface area contributed by atoms with Gasteiger partial charge in [0.05, 0.1) is 0 Å². The molecule has 1 aliphatic carbocycles. The monoisotopic (exact) mass is 219 g/mol. The summed E-state index contributed by atoms with van der Waals surface area (Å²) in [6.07, 6.45) is 5.64. The Labute approximate surface area is 97.5 Å². The van der Waals surface area contributed by atoms with Gasteiger partial charge in [-0.3, -0.25) is 0 Å². The van der Waals surface area contributed by atoms with Crippen LogP contribution in [0.1, 0.15) is 37.4 Å². The van der Waals surface area contributed by atoms with Crippen molar-refractivity contribution < 1.29 is 0 Å². The van der Waals surface area contributed by atoms with Gasteiger partial charge in [0.15, 0.2) is 0 Å². The van der Waals surface area contributed by atoms with E-state index in [1.807, 2.05) is 0 Å². The summed E-state index contributed by atoms with van der Waals surface area (Å²) in [4.78, 5) is 4.62. The molecule has 0 fully saturated rings. The third-order valence-electron chi connectivity index (χ3n) is 3.27. The fraction of sp³-hybridized carbons (Fsp3) is 0.615. The second kappa shape index (κ2) is 5.30. The van der Waals surface area contributed by atoms with E-state index in [9.17, 15) is 0 Å². The third-order valence-corrected chi connectivity index (χ3v) is 3.27. The number of nitrogens with one attached hydrogen (secondary N) is 1. The van der Waals surface area contributed by atoms with Crippen molar-refractivity contribution in [2.45, 2.75) is 45.1 Å². The van der Waals surface area contributed by atoms with Crippen LogP contribution in [0.4, 0.5) is 5.82 Å². The molecule has 1 unspecified atom stereocenters. The average molecular weight is 219 g/mol. The molecule has 1 aromatic rings. The Morgan fingerprint density at radius 1 is 1.44 bits per heavy atom. The van der Waals surface area contributed by atoms with Crippen LogP contribution in [-0.4, -0.2) is 17.6 Å². The van der Waals surface area contributed by atoms with Crippen LogP contribution in [0.25, 0.3) is 0 Å². The molecule has 0 bridgehead atoms. The van der Waals surface area contributed by atoms with Crippen LogP contribution < -0.4 is 11.1 Å². The van der Waals surface area contributed by atoms with Crippen molar-refractivity contribution in [3.63, 3.8) is 0 Å². The quantitative estimate of drug-likeness (QED) is 0.797. The predicted octanol–water partition coefficient (Wildman–Crippen LogP) is 2.11. The smallest absolute Gasteiger partial charge is 0.126 e. The Kier molecular flexibility index (Phi) is 3.78. The summed E-state index contributed by atoms with van der Waals surface area (Å²) in [6.45, 7) is 3.04. The topological polar surface area (TPSA) is 50.9 Å². The second-order valence-electron chi connectivity index (χ2n) is 4.54.